The van der Waals surface area contributed by atoms with Crippen LogP contribution in [0.2, 0.25) is 0 Å². The first-order valence-electron chi connectivity index (χ1n) is 5.49. The molecule has 16 heavy (non-hydrogen) atoms. The van der Waals surface area contributed by atoms with E-state index in [0.717, 1.165) is 13.1 Å². The van der Waals surface area contributed by atoms with Crippen molar-refractivity contribution in [3.05, 3.63) is 23.9 Å². The number of carbonyl (C=O) groups excluding carboxylic acids is 1. The van der Waals surface area contributed by atoms with Gasteiger partial charge in [-0.1, -0.05) is 0 Å². The lowest BCUT2D eigenvalue weighted by Crippen LogP contribution is -2.24. The second kappa shape index (κ2) is 4.94. The zero-order valence-electron chi connectivity index (χ0n) is 9.07. The first-order valence-corrected chi connectivity index (χ1v) is 5.49. The van der Waals surface area contributed by atoms with E-state index in [4.69, 9.17) is 5.73 Å². The van der Waals surface area contributed by atoms with Gasteiger partial charge in [0.05, 0.1) is 0 Å². The molecule has 0 spiro atoms. The summed E-state index contributed by atoms with van der Waals surface area (Å²) in [6.07, 6.45) is 4.15. The predicted molar refractivity (Wildman–Crippen MR) is 62.3 cm³/mol. The molecule has 86 valence electrons. The standard InChI is InChI=1S/C11H16N4O/c12-11(16)8-3-4-14-10(7-8)15-6-5-13-9-1-2-9/h3-4,7,9,13H,1-2,5-6H2,(H2,12,16)(H,14,15). The Hall–Kier alpha value is -1.62. The van der Waals surface area contributed by atoms with Crippen molar-refractivity contribution >= 4 is 11.7 Å². The fourth-order valence-electron chi connectivity index (χ4n) is 1.43. The molecule has 0 saturated heterocycles. The highest BCUT2D eigenvalue weighted by Crippen LogP contribution is 2.17. The summed E-state index contributed by atoms with van der Waals surface area (Å²) in [5, 5.41) is 6.52. The molecule has 1 aliphatic carbocycles. The minimum absolute atomic E-state index is 0.429. The summed E-state index contributed by atoms with van der Waals surface area (Å²) in [5.41, 5.74) is 5.66. The molecular weight excluding hydrogens is 204 g/mol. The van der Waals surface area contributed by atoms with Gasteiger partial charge in [-0.05, 0) is 25.0 Å². The van der Waals surface area contributed by atoms with E-state index in [1.807, 2.05) is 0 Å². The fourth-order valence-corrected chi connectivity index (χ4v) is 1.43. The van der Waals surface area contributed by atoms with Gasteiger partial charge >= 0.3 is 0 Å². The van der Waals surface area contributed by atoms with Gasteiger partial charge in [0.25, 0.3) is 0 Å². The Labute approximate surface area is 94.4 Å². The number of primary amides is 1. The molecule has 1 saturated carbocycles. The Morgan fingerprint density at radius 2 is 2.31 bits per heavy atom. The maximum absolute atomic E-state index is 10.9. The highest BCUT2D eigenvalue weighted by atomic mass is 16.1. The van der Waals surface area contributed by atoms with E-state index in [1.54, 1.807) is 18.3 Å². The Bertz CT molecular complexity index is 376. The summed E-state index contributed by atoms with van der Waals surface area (Å²) >= 11 is 0. The molecule has 5 nitrogen and oxygen atoms in total. The molecule has 4 N–H and O–H groups in total. The molecule has 5 heteroatoms. The number of hydrogen-bond acceptors (Lipinski definition) is 4. The smallest absolute Gasteiger partial charge is 0.248 e. The third kappa shape index (κ3) is 3.20. The number of hydrogen-bond donors (Lipinski definition) is 3. The molecule has 1 aliphatic rings. The van der Waals surface area contributed by atoms with Gasteiger partial charge in [-0.2, -0.15) is 0 Å². The normalized spacial score (nSPS) is 14.8. The second-order valence-electron chi connectivity index (χ2n) is 3.95. The zero-order chi connectivity index (χ0) is 11.4. The highest BCUT2D eigenvalue weighted by Gasteiger charge is 2.19. The lowest BCUT2D eigenvalue weighted by atomic mass is 10.2. The molecule has 0 aliphatic heterocycles. The second-order valence-corrected chi connectivity index (χ2v) is 3.95. The molecule has 0 bridgehead atoms. The number of nitrogens with two attached hydrogens (primary N) is 1. The minimum atomic E-state index is -0.429. The number of pyridine rings is 1. The monoisotopic (exact) mass is 220 g/mol. The molecule has 1 fully saturated rings. The summed E-state index contributed by atoms with van der Waals surface area (Å²) in [4.78, 5) is 15.0. The Balaban J connectivity index is 1.78. The van der Waals surface area contributed by atoms with Crippen LogP contribution in [0.4, 0.5) is 5.82 Å². The average Bonchev–Trinajstić information content (AvgIpc) is 3.09. The average molecular weight is 220 g/mol. The summed E-state index contributed by atoms with van der Waals surface area (Å²) in [5.74, 6) is 0.260. The number of carbonyl (C=O) groups is 1. The summed E-state index contributed by atoms with van der Waals surface area (Å²) < 4.78 is 0. The number of rotatable bonds is 6. The van der Waals surface area contributed by atoms with Gasteiger partial charge in [0.2, 0.25) is 5.91 Å². The van der Waals surface area contributed by atoms with Gasteiger partial charge in [0, 0.05) is 30.9 Å². The van der Waals surface area contributed by atoms with Crippen LogP contribution in [0, 0.1) is 0 Å². The van der Waals surface area contributed by atoms with Gasteiger partial charge in [0.1, 0.15) is 5.82 Å². The minimum Gasteiger partial charge on any atom is -0.369 e. The van der Waals surface area contributed by atoms with Crippen molar-refractivity contribution < 1.29 is 4.79 Å². The third-order valence-electron chi connectivity index (χ3n) is 2.49. The van der Waals surface area contributed by atoms with Crippen LogP contribution in [0.5, 0.6) is 0 Å². The van der Waals surface area contributed by atoms with Crippen LogP contribution >= 0.6 is 0 Å². The van der Waals surface area contributed by atoms with Crippen LogP contribution < -0.4 is 16.4 Å². The zero-order valence-corrected chi connectivity index (χ0v) is 9.07. The molecule has 0 atom stereocenters. The van der Waals surface area contributed by atoms with Crippen molar-refractivity contribution in [3.8, 4) is 0 Å². The van der Waals surface area contributed by atoms with Gasteiger partial charge in [0.15, 0.2) is 0 Å². The number of aromatic nitrogens is 1. The largest absolute Gasteiger partial charge is 0.369 e. The number of amides is 1. The van der Waals surface area contributed by atoms with Gasteiger partial charge in [-0.25, -0.2) is 4.98 Å². The molecular formula is C11H16N4O. The van der Waals surface area contributed by atoms with Crippen molar-refractivity contribution in [2.75, 3.05) is 18.4 Å². The highest BCUT2D eigenvalue weighted by molar-refractivity contribution is 5.93. The maximum Gasteiger partial charge on any atom is 0.248 e. The number of nitrogens with zero attached hydrogens (tertiary/aromatic N) is 1. The molecule has 1 aromatic heterocycles. The molecule has 1 amide bonds. The first-order chi connectivity index (χ1) is 7.75. The Morgan fingerprint density at radius 1 is 1.50 bits per heavy atom. The van der Waals surface area contributed by atoms with Crippen molar-refractivity contribution in [3.63, 3.8) is 0 Å². The van der Waals surface area contributed by atoms with Crippen LogP contribution in [-0.2, 0) is 0 Å². The third-order valence-corrected chi connectivity index (χ3v) is 2.49. The van der Waals surface area contributed by atoms with Crippen LogP contribution in [-0.4, -0.2) is 30.0 Å². The van der Waals surface area contributed by atoms with Crippen LogP contribution in [0.3, 0.4) is 0 Å². The summed E-state index contributed by atoms with van der Waals surface area (Å²) in [6, 6.07) is 3.99. The predicted octanol–water partition coefficient (Wildman–Crippen LogP) is 0.344. The molecule has 1 aromatic rings. The molecule has 0 aromatic carbocycles. The van der Waals surface area contributed by atoms with E-state index in [2.05, 4.69) is 15.6 Å². The maximum atomic E-state index is 10.9. The topological polar surface area (TPSA) is 80.0 Å². The van der Waals surface area contributed by atoms with Crippen LogP contribution in [0.15, 0.2) is 18.3 Å². The van der Waals surface area contributed by atoms with Crippen molar-refractivity contribution in [1.29, 1.82) is 0 Å². The van der Waals surface area contributed by atoms with E-state index in [0.29, 0.717) is 17.4 Å². The van der Waals surface area contributed by atoms with E-state index < -0.39 is 5.91 Å². The summed E-state index contributed by atoms with van der Waals surface area (Å²) in [7, 11) is 0. The van der Waals surface area contributed by atoms with Crippen LogP contribution in [0.1, 0.15) is 23.2 Å². The van der Waals surface area contributed by atoms with Gasteiger partial charge in [-0.15, -0.1) is 0 Å². The van der Waals surface area contributed by atoms with E-state index in [1.165, 1.54) is 12.8 Å². The summed E-state index contributed by atoms with van der Waals surface area (Å²) in [6.45, 7) is 1.71. The molecule has 0 unspecified atom stereocenters. The van der Waals surface area contributed by atoms with Crippen molar-refractivity contribution in [2.24, 2.45) is 5.73 Å². The lowest BCUT2D eigenvalue weighted by molar-refractivity contribution is 0.1000. The van der Waals surface area contributed by atoms with Crippen molar-refractivity contribution in [2.45, 2.75) is 18.9 Å². The van der Waals surface area contributed by atoms with E-state index >= 15 is 0 Å². The molecule has 1 heterocycles. The van der Waals surface area contributed by atoms with E-state index in [9.17, 15) is 4.79 Å². The fraction of sp³-hybridized carbons (Fsp3) is 0.455. The Morgan fingerprint density at radius 3 is 3.00 bits per heavy atom. The SMILES string of the molecule is NC(=O)c1ccnc(NCCNC2CC2)c1. The first kappa shape index (κ1) is 10.9. The molecule has 0 radical (unpaired) electrons. The lowest BCUT2D eigenvalue weighted by Gasteiger charge is -2.06. The van der Waals surface area contributed by atoms with E-state index in [-0.39, 0.29) is 0 Å². The number of nitrogens with one attached hydrogen (secondary N) is 2. The number of anilines is 1. The quantitative estimate of drug-likeness (QED) is 0.604. The Kier molecular flexibility index (Phi) is 3.36. The molecule has 2 rings (SSSR count). The van der Waals surface area contributed by atoms with Crippen LogP contribution in [0.25, 0.3) is 0 Å². The van der Waals surface area contributed by atoms with Gasteiger partial charge in [-0.3, -0.25) is 4.79 Å². The van der Waals surface area contributed by atoms with Crippen molar-refractivity contribution in [1.82, 2.24) is 10.3 Å². The van der Waals surface area contributed by atoms with Gasteiger partial charge < -0.3 is 16.4 Å².